The molecule has 0 spiro atoms. The predicted octanol–water partition coefficient (Wildman–Crippen LogP) is 2.94. The van der Waals surface area contributed by atoms with E-state index in [2.05, 4.69) is 15.2 Å². The number of ether oxygens (including phenoxy) is 2. The zero-order valence-corrected chi connectivity index (χ0v) is 17.2. The number of amides is 1. The van der Waals surface area contributed by atoms with Crippen LogP contribution < -0.4 is 10.2 Å². The number of anilines is 1. The van der Waals surface area contributed by atoms with E-state index in [0.717, 1.165) is 30.0 Å². The number of carbonyl (C=O) groups excluding carboxylic acids is 1. The number of hydrogen-bond acceptors (Lipinski definition) is 5. The number of halogens is 1. The van der Waals surface area contributed by atoms with Crippen LogP contribution in [-0.2, 0) is 26.2 Å². The summed E-state index contributed by atoms with van der Waals surface area (Å²) in [4.78, 5) is 20.2. The number of morpholine rings is 1. The van der Waals surface area contributed by atoms with Crippen LogP contribution in [0.25, 0.3) is 0 Å². The maximum atomic E-state index is 13.4. The number of nitrogens with zero attached hydrogens (tertiary/aromatic N) is 2. The van der Waals surface area contributed by atoms with Gasteiger partial charge in [-0.2, -0.15) is 0 Å². The molecule has 7 heteroatoms. The largest absolute Gasteiger partial charge is 0.381 e. The summed E-state index contributed by atoms with van der Waals surface area (Å²) in [5, 5.41) is 3.81. The van der Waals surface area contributed by atoms with Gasteiger partial charge in [0.15, 0.2) is 0 Å². The molecule has 1 aromatic heterocycles. The summed E-state index contributed by atoms with van der Waals surface area (Å²) in [6, 6.07) is 11.6. The molecule has 154 valence electrons. The zero-order valence-electron chi connectivity index (χ0n) is 16.4. The highest BCUT2D eigenvalue weighted by Crippen LogP contribution is 2.36. The molecule has 0 aliphatic carbocycles. The van der Waals surface area contributed by atoms with Crippen molar-refractivity contribution in [2.45, 2.75) is 24.8 Å². The van der Waals surface area contributed by atoms with Gasteiger partial charge in [0.2, 0.25) is 5.91 Å². The average molecular weight is 416 g/mol. The van der Waals surface area contributed by atoms with Crippen molar-refractivity contribution in [3.8, 4) is 0 Å². The molecule has 2 aliphatic rings. The summed E-state index contributed by atoms with van der Waals surface area (Å²) in [6.07, 6.45) is 3.08. The van der Waals surface area contributed by atoms with Gasteiger partial charge in [-0.1, -0.05) is 29.8 Å². The average Bonchev–Trinajstić information content (AvgIpc) is 2.78. The van der Waals surface area contributed by atoms with E-state index in [9.17, 15) is 4.79 Å². The van der Waals surface area contributed by atoms with E-state index in [0.29, 0.717) is 50.8 Å². The van der Waals surface area contributed by atoms with Gasteiger partial charge < -0.3 is 19.7 Å². The molecule has 1 N–H and O–H groups in total. The van der Waals surface area contributed by atoms with Crippen molar-refractivity contribution in [1.29, 1.82) is 0 Å². The van der Waals surface area contributed by atoms with Crippen molar-refractivity contribution < 1.29 is 14.3 Å². The number of rotatable bonds is 5. The highest BCUT2D eigenvalue weighted by Gasteiger charge is 2.41. The number of aromatic nitrogens is 1. The first-order chi connectivity index (χ1) is 14.2. The van der Waals surface area contributed by atoms with Crippen molar-refractivity contribution in [2.75, 3.05) is 44.4 Å². The fraction of sp³-hybridized carbons (Fsp3) is 0.455. The number of carbonyl (C=O) groups is 1. The Morgan fingerprint density at radius 1 is 1.10 bits per heavy atom. The molecule has 0 saturated carbocycles. The van der Waals surface area contributed by atoms with Crippen LogP contribution in [-0.4, -0.2) is 50.4 Å². The van der Waals surface area contributed by atoms with Gasteiger partial charge in [0.25, 0.3) is 0 Å². The first kappa shape index (κ1) is 20.1. The molecule has 2 aliphatic heterocycles. The van der Waals surface area contributed by atoms with Crippen LogP contribution in [0.15, 0.2) is 42.6 Å². The van der Waals surface area contributed by atoms with Gasteiger partial charge in [0, 0.05) is 49.6 Å². The molecule has 29 heavy (non-hydrogen) atoms. The Balaban J connectivity index is 1.54. The second-order valence-electron chi connectivity index (χ2n) is 7.47. The van der Waals surface area contributed by atoms with Crippen LogP contribution >= 0.6 is 11.6 Å². The van der Waals surface area contributed by atoms with E-state index in [1.165, 1.54) is 0 Å². The standard InChI is InChI=1S/C22H26ClN3O3/c23-19-5-1-4-18(15-19)22(6-11-28-12-7-22)21(27)25-16-17-3-2-8-24-20(17)26-9-13-29-14-10-26/h1-5,8,15H,6-7,9-14,16H2,(H,25,27). The number of nitrogens with one attached hydrogen (secondary N) is 1. The molecule has 0 radical (unpaired) electrons. The molecule has 3 heterocycles. The highest BCUT2D eigenvalue weighted by molar-refractivity contribution is 6.30. The predicted molar refractivity (Wildman–Crippen MR) is 112 cm³/mol. The van der Waals surface area contributed by atoms with Gasteiger partial charge in [0.1, 0.15) is 5.82 Å². The molecular weight excluding hydrogens is 390 g/mol. The minimum atomic E-state index is -0.621. The van der Waals surface area contributed by atoms with E-state index < -0.39 is 5.41 Å². The lowest BCUT2D eigenvalue weighted by Crippen LogP contribution is -2.48. The van der Waals surface area contributed by atoms with E-state index >= 15 is 0 Å². The lowest BCUT2D eigenvalue weighted by Gasteiger charge is -2.36. The topological polar surface area (TPSA) is 63.7 Å². The van der Waals surface area contributed by atoms with Gasteiger partial charge in [-0.15, -0.1) is 0 Å². The molecule has 4 rings (SSSR count). The van der Waals surface area contributed by atoms with Crippen LogP contribution in [0.1, 0.15) is 24.0 Å². The van der Waals surface area contributed by atoms with E-state index in [4.69, 9.17) is 21.1 Å². The third kappa shape index (κ3) is 4.39. The molecule has 2 aromatic rings. The third-order valence-corrected chi connectivity index (χ3v) is 6.01. The summed E-state index contributed by atoms with van der Waals surface area (Å²) >= 11 is 6.22. The fourth-order valence-electron chi connectivity index (χ4n) is 4.13. The molecule has 0 unspecified atom stereocenters. The second-order valence-corrected chi connectivity index (χ2v) is 7.91. The van der Waals surface area contributed by atoms with Crippen LogP contribution in [0, 0.1) is 0 Å². The molecule has 2 fully saturated rings. The lowest BCUT2D eigenvalue weighted by atomic mass is 9.73. The van der Waals surface area contributed by atoms with Crippen molar-refractivity contribution in [3.05, 3.63) is 58.7 Å². The summed E-state index contributed by atoms with van der Waals surface area (Å²) in [7, 11) is 0. The Morgan fingerprint density at radius 3 is 2.62 bits per heavy atom. The first-order valence-electron chi connectivity index (χ1n) is 10.1. The van der Waals surface area contributed by atoms with Crippen LogP contribution in [0.3, 0.4) is 0 Å². The maximum Gasteiger partial charge on any atom is 0.231 e. The lowest BCUT2D eigenvalue weighted by molar-refractivity contribution is -0.130. The Morgan fingerprint density at radius 2 is 1.86 bits per heavy atom. The Hall–Kier alpha value is -2.15. The van der Waals surface area contributed by atoms with Crippen LogP contribution in [0.5, 0.6) is 0 Å². The fourth-order valence-corrected chi connectivity index (χ4v) is 4.32. The Bertz CT molecular complexity index is 849. The number of pyridine rings is 1. The monoisotopic (exact) mass is 415 g/mol. The van der Waals surface area contributed by atoms with Gasteiger partial charge >= 0.3 is 0 Å². The summed E-state index contributed by atoms with van der Waals surface area (Å²) in [5.41, 5.74) is 1.34. The van der Waals surface area contributed by atoms with Gasteiger partial charge in [-0.25, -0.2) is 4.98 Å². The van der Waals surface area contributed by atoms with E-state index in [-0.39, 0.29) is 5.91 Å². The molecule has 0 atom stereocenters. The highest BCUT2D eigenvalue weighted by atomic mass is 35.5. The zero-order chi connectivity index (χ0) is 20.1. The third-order valence-electron chi connectivity index (χ3n) is 5.78. The summed E-state index contributed by atoms with van der Waals surface area (Å²) < 4.78 is 11.0. The minimum Gasteiger partial charge on any atom is -0.381 e. The molecule has 6 nitrogen and oxygen atoms in total. The SMILES string of the molecule is O=C(NCc1cccnc1N1CCOCC1)C1(c2cccc(Cl)c2)CCOCC1. The van der Waals surface area contributed by atoms with E-state index in [1.807, 2.05) is 36.4 Å². The molecule has 1 aromatic carbocycles. The number of benzene rings is 1. The summed E-state index contributed by atoms with van der Waals surface area (Å²) in [5.74, 6) is 0.930. The Labute approximate surface area is 176 Å². The van der Waals surface area contributed by atoms with Crippen molar-refractivity contribution >= 4 is 23.3 Å². The van der Waals surface area contributed by atoms with E-state index in [1.54, 1.807) is 6.20 Å². The van der Waals surface area contributed by atoms with Crippen LogP contribution in [0.4, 0.5) is 5.82 Å². The van der Waals surface area contributed by atoms with Crippen molar-refractivity contribution in [3.63, 3.8) is 0 Å². The molecule has 2 saturated heterocycles. The van der Waals surface area contributed by atoms with Gasteiger partial charge in [-0.3, -0.25) is 4.79 Å². The molecular formula is C22H26ClN3O3. The maximum absolute atomic E-state index is 13.4. The molecule has 0 bridgehead atoms. The van der Waals surface area contributed by atoms with Crippen molar-refractivity contribution in [1.82, 2.24) is 10.3 Å². The van der Waals surface area contributed by atoms with Gasteiger partial charge in [-0.05, 0) is 36.6 Å². The van der Waals surface area contributed by atoms with Crippen LogP contribution in [0.2, 0.25) is 5.02 Å². The summed E-state index contributed by atoms with van der Waals surface area (Å²) in [6.45, 7) is 4.56. The smallest absolute Gasteiger partial charge is 0.231 e. The number of hydrogen-bond donors (Lipinski definition) is 1. The second kappa shape index (κ2) is 9.11. The first-order valence-corrected chi connectivity index (χ1v) is 10.5. The molecule has 1 amide bonds. The van der Waals surface area contributed by atoms with Gasteiger partial charge in [0.05, 0.1) is 18.6 Å². The quantitative estimate of drug-likeness (QED) is 0.813. The minimum absolute atomic E-state index is 0.0137. The van der Waals surface area contributed by atoms with Crippen molar-refractivity contribution in [2.24, 2.45) is 0 Å². The Kier molecular flexibility index (Phi) is 6.33. The normalized spacial score (nSPS) is 19.0.